The number of nitrogens with one attached hydrogen (secondary N) is 1. The smallest absolute Gasteiger partial charge is 0.130 e. The molecular formula is C15H21ClFNO. The molecule has 1 saturated carbocycles. The van der Waals surface area contributed by atoms with Gasteiger partial charge in [-0.1, -0.05) is 6.07 Å². The molecule has 0 radical (unpaired) electrons. The Labute approximate surface area is 120 Å². The van der Waals surface area contributed by atoms with E-state index in [9.17, 15) is 4.39 Å². The van der Waals surface area contributed by atoms with Crippen LogP contribution in [0.5, 0.6) is 5.75 Å². The number of ether oxygens (including phenoxy) is 1. The van der Waals surface area contributed by atoms with Crippen molar-refractivity contribution in [3.63, 3.8) is 0 Å². The van der Waals surface area contributed by atoms with E-state index in [0.717, 1.165) is 38.1 Å². The van der Waals surface area contributed by atoms with Gasteiger partial charge >= 0.3 is 0 Å². The fraction of sp³-hybridized carbons (Fsp3) is 0.600. The standard InChI is InChI=1S/C15H20FNO.ClH/c16-15-9-13(18-10-11-1-2-11)3-4-14(15)12-5-7-17-8-6-12;/h3-4,9,11-12,17H,1-2,5-8,10H2;1H. The number of halogens is 2. The summed E-state index contributed by atoms with van der Waals surface area (Å²) >= 11 is 0. The first-order valence-electron chi connectivity index (χ1n) is 6.96. The molecule has 2 nitrogen and oxygen atoms in total. The molecule has 0 aromatic heterocycles. The lowest BCUT2D eigenvalue weighted by Gasteiger charge is -2.23. The van der Waals surface area contributed by atoms with Crippen molar-refractivity contribution < 1.29 is 9.13 Å². The third-order valence-electron chi connectivity index (χ3n) is 3.93. The Balaban J connectivity index is 0.00000133. The molecule has 1 aliphatic carbocycles. The number of hydrogen-bond donors (Lipinski definition) is 1. The molecule has 1 aliphatic heterocycles. The number of rotatable bonds is 4. The van der Waals surface area contributed by atoms with Crippen LogP contribution >= 0.6 is 12.4 Å². The van der Waals surface area contributed by atoms with Crippen LogP contribution in [0, 0.1) is 11.7 Å². The van der Waals surface area contributed by atoms with Gasteiger partial charge in [-0.15, -0.1) is 12.4 Å². The van der Waals surface area contributed by atoms with Crippen molar-refractivity contribution in [1.29, 1.82) is 0 Å². The second-order valence-corrected chi connectivity index (χ2v) is 5.46. The molecule has 1 aromatic carbocycles. The van der Waals surface area contributed by atoms with Crippen LogP contribution in [0.1, 0.15) is 37.2 Å². The highest BCUT2D eigenvalue weighted by molar-refractivity contribution is 5.85. The molecule has 1 N–H and O–H groups in total. The molecule has 106 valence electrons. The van der Waals surface area contributed by atoms with E-state index in [1.165, 1.54) is 12.8 Å². The van der Waals surface area contributed by atoms with E-state index in [-0.39, 0.29) is 18.2 Å². The summed E-state index contributed by atoms with van der Waals surface area (Å²) in [5.74, 6) is 1.65. The van der Waals surface area contributed by atoms with Gasteiger partial charge in [-0.2, -0.15) is 0 Å². The molecule has 4 heteroatoms. The second kappa shape index (κ2) is 6.58. The highest BCUT2D eigenvalue weighted by Crippen LogP contribution is 2.32. The zero-order valence-electron chi connectivity index (χ0n) is 11.0. The lowest BCUT2D eigenvalue weighted by Crippen LogP contribution is -2.27. The largest absolute Gasteiger partial charge is 0.493 e. The predicted octanol–water partition coefficient (Wildman–Crippen LogP) is 3.50. The summed E-state index contributed by atoms with van der Waals surface area (Å²) in [4.78, 5) is 0. The Hall–Kier alpha value is -0.800. The van der Waals surface area contributed by atoms with E-state index in [0.29, 0.717) is 17.6 Å². The maximum Gasteiger partial charge on any atom is 0.130 e. The van der Waals surface area contributed by atoms with Crippen molar-refractivity contribution in [3.05, 3.63) is 29.6 Å². The molecule has 1 heterocycles. The minimum Gasteiger partial charge on any atom is -0.493 e. The summed E-state index contributed by atoms with van der Waals surface area (Å²) in [6, 6.07) is 5.39. The van der Waals surface area contributed by atoms with Crippen LogP contribution in [-0.2, 0) is 0 Å². The normalized spacial score (nSPS) is 19.8. The maximum atomic E-state index is 14.1. The molecule has 0 atom stereocenters. The molecule has 0 amide bonds. The summed E-state index contributed by atoms with van der Waals surface area (Å²) in [6.45, 7) is 2.72. The molecule has 0 spiro atoms. The number of hydrogen-bond acceptors (Lipinski definition) is 2. The van der Waals surface area contributed by atoms with Crippen LogP contribution in [0.2, 0.25) is 0 Å². The van der Waals surface area contributed by atoms with Crippen molar-refractivity contribution in [1.82, 2.24) is 5.32 Å². The van der Waals surface area contributed by atoms with Crippen molar-refractivity contribution >= 4 is 12.4 Å². The van der Waals surface area contributed by atoms with Crippen molar-refractivity contribution in [2.75, 3.05) is 19.7 Å². The second-order valence-electron chi connectivity index (χ2n) is 5.46. The van der Waals surface area contributed by atoms with Gasteiger partial charge in [0.15, 0.2) is 0 Å². The highest BCUT2D eigenvalue weighted by Gasteiger charge is 2.22. The third-order valence-corrected chi connectivity index (χ3v) is 3.93. The number of piperidine rings is 1. The van der Waals surface area contributed by atoms with Crippen molar-refractivity contribution in [3.8, 4) is 5.75 Å². The Bertz CT molecular complexity index is 417. The van der Waals surface area contributed by atoms with Gasteiger partial charge in [0.1, 0.15) is 11.6 Å². The zero-order chi connectivity index (χ0) is 12.4. The number of benzene rings is 1. The predicted molar refractivity (Wildman–Crippen MR) is 76.7 cm³/mol. The van der Waals surface area contributed by atoms with E-state index in [2.05, 4.69) is 5.32 Å². The molecule has 0 bridgehead atoms. The first-order chi connectivity index (χ1) is 8.83. The van der Waals surface area contributed by atoms with Crippen LogP contribution < -0.4 is 10.1 Å². The average molecular weight is 286 g/mol. The van der Waals surface area contributed by atoms with Gasteiger partial charge in [0.25, 0.3) is 0 Å². The first kappa shape index (κ1) is 14.6. The van der Waals surface area contributed by atoms with E-state index in [1.807, 2.05) is 12.1 Å². The molecule has 2 fully saturated rings. The van der Waals surface area contributed by atoms with Crippen LogP contribution in [0.3, 0.4) is 0 Å². The molecule has 3 rings (SSSR count). The van der Waals surface area contributed by atoms with Crippen LogP contribution in [0.25, 0.3) is 0 Å². The topological polar surface area (TPSA) is 21.3 Å². The lowest BCUT2D eigenvalue weighted by atomic mass is 9.90. The summed E-state index contributed by atoms with van der Waals surface area (Å²) in [7, 11) is 0. The lowest BCUT2D eigenvalue weighted by molar-refractivity contribution is 0.298. The summed E-state index contributed by atoms with van der Waals surface area (Å²) in [6.07, 6.45) is 4.57. The molecule has 2 aliphatic rings. The van der Waals surface area contributed by atoms with Gasteiger partial charge in [-0.05, 0) is 62.2 Å². The minimum absolute atomic E-state index is 0. The fourth-order valence-corrected chi connectivity index (χ4v) is 2.56. The van der Waals surface area contributed by atoms with Crippen LogP contribution in [0.15, 0.2) is 18.2 Å². The van der Waals surface area contributed by atoms with Crippen molar-refractivity contribution in [2.24, 2.45) is 5.92 Å². The quantitative estimate of drug-likeness (QED) is 0.914. The fourth-order valence-electron chi connectivity index (χ4n) is 2.56. The van der Waals surface area contributed by atoms with E-state index < -0.39 is 0 Å². The summed E-state index contributed by atoms with van der Waals surface area (Å²) in [5, 5.41) is 3.31. The Morgan fingerprint density at radius 1 is 1.16 bits per heavy atom. The van der Waals surface area contributed by atoms with Crippen LogP contribution in [0.4, 0.5) is 4.39 Å². The van der Waals surface area contributed by atoms with Crippen molar-refractivity contribution in [2.45, 2.75) is 31.6 Å². The Kier molecular flexibility index (Phi) is 5.06. The molecule has 19 heavy (non-hydrogen) atoms. The van der Waals surface area contributed by atoms with Gasteiger partial charge in [0.05, 0.1) is 6.61 Å². The Morgan fingerprint density at radius 2 is 1.89 bits per heavy atom. The van der Waals surface area contributed by atoms with E-state index >= 15 is 0 Å². The van der Waals surface area contributed by atoms with Gasteiger partial charge in [-0.3, -0.25) is 0 Å². The molecule has 1 saturated heterocycles. The maximum absolute atomic E-state index is 14.1. The van der Waals surface area contributed by atoms with Gasteiger partial charge in [-0.25, -0.2) is 4.39 Å². The zero-order valence-corrected chi connectivity index (χ0v) is 11.8. The molecule has 1 aromatic rings. The highest BCUT2D eigenvalue weighted by atomic mass is 35.5. The average Bonchev–Trinajstić information content (AvgIpc) is 3.21. The molecular weight excluding hydrogens is 265 g/mol. The Morgan fingerprint density at radius 3 is 2.53 bits per heavy atom. The SMILES string of the molecule is Cl.Fc1cc(OCC2CC2)ccc1C1CCNCC1. The minimum atomic E-state index is -0.102. The molecule has 0 unspecified atom stereocenters. The monoisotopic (exact) mass is 285 g/mol. The van der Waals surface area contributed by atoms with Crippen LogP contribution in [-0.4, -0.2) is 19.7 Å². The van der Waals surface area contributed by atoms with Gasteiger partial charge < -0.3 is 10.1 Å². The summed E-state index contributed by atoms with van der Waals surface area (Å²) in [5.41, 5.74) is 0.857. The van der Waals surface area contributed by atoms with Gasteiger partial charge in [0.2, 0.25) is 0 Å². The van der Waals surface area contributed by atoms with E-state index in [4.69, 9.17) is 4.74 Å². The summed E-state index contributed by atoms with van der Waals surface area (Å²) < 4.78 is 19.7. The van der Waals surface area contributed by atoms with E-state index in [1.54, 1.807) is 6.07 Å². The van der Waals surface area contributed by atoms with Gasteiger partial charge in [0, 0.05) is 6.07 Å². The first-order valence-corrected chi connectivity index (χ1v) is 6.96. The third kappa shape index (κ3) is 3.83.